The van der Waals surface area contributed by atoms with E-state index in [4.69, 9.17) is 0 Å². The SMILES string of the molecule is CCc1ccccc1SC(=O)c1ccccc1. The lowest BCUT2D eigenvalue weighted by Crippen LogP contribution is -1.94. The molecule has 2 aromatic carbocycles. The zero-order valence-corrected chi connectivity index (χ0v) is 10.5. The monoisotopic (exact) mass is 242 g/mol. The Hall–Kier alpha value is -1.54. The molecule has 0 radical (unpaired) electrons. The first-order valence-corrected chi connectivity index (χ1v) is 6.48. The Morgan fingerprint density at radius 2 is 1.65 bits per heavy atom. The summed E-state index contributed by atoms with van der Waals surface area (Å²) in [6.45, 7) is 2.10. The van der Waals surface area contributed by atoms with Crippen molar-refractivity contribution in [1.82, 2.24) is 0 Å². The van der Waals surface area contributed by atoms with Crippen molar-refractivity contribution in [2.45, 2.75) is 18.2 Å². The van der Waals surface area contributed by atoms with E-state index in [1.165, 1.54) is 17.3 Å². The van der Waals surface area contributed by atoms with Crippen LogP contribution in [0.15, 0.2) is 59.5 Å². The van der Waals surface area contributed by atoms with Gasteiger partial charge in [0.05, 0.1) is 0 Å². The van der Waals surface area contributed by atoms with E-state index in [1.807, 2.05) is 48.5 Å². The van der Waals surface area contributed by atoms with E-state index >= 15 is 0 Å². The van der Waals surface area contributed by atoms with E-state index in [-0.39, 0.29) is 5.12 Å². The standard InChI is InChI=1S/C15H14OS/c1-2-12-8-6-7-11-14(12)17-15(16)13-9-4-3-5-10-13/h3-11H,2H2,1H3. The Morgan fingerprint density at radius 1 is 1.00 bits per heavy atom. The highest BCUT2D eigenvalue weighted by atomic mass is 32.2. The molecule has 2 aromatic rings. The Morgan fingerprint density at radius 3 is 2.35 bits per heavy atom. The molecular formula is C15H14OS. The molecule has 0 atom stereocenters. The lowest BCUT2D eigenvalue weighted by atomic mass is 10.2. The summed E-state index contributed by atoms with van der Waals surface area (Å²) in [6.07, 6.45) is 0.950. The average molecular weight is 242 g/mol. The highest BCUT2D eigenvalue weighted by Gasteiger charge is 2.09. The van der Waals surface area contributed by atoms with Crippen molar-refractivity contribution in [2.75, 3.05) is 0 Å². The molecule has 1 nitrogen and oxygen atoms in total. The molecule has 2 heteroatoms. The van der Waals surface area contributed by atoms with Gasteiger partial charge in [-0.25, -0.2) is 0 Å². The number of carbonyl (C=O) groups excluding carboxylic acids is 1. The van der Waals surface area contributed by atoms with Gasteiger partial charge in [-0.15, -0.1) is 0 Å². The second kappa shape index (κ2) is 5.69. The van der Waals surface area contributed by atoms with Gasteiger partial charge in [-0.05, 0) is 29.8 Å². The number of hydrogen-bond donors (Lipinski definition) is 0. The van der Waals surface area contributed by atoms with Crippen molar-refractivity contribution in [3.8, 4) is 0 Å². The van der Waals surface area contributed by atoms with Crippen LogP contribution in [-0.4, -0.2) is 5.12 Å². The summed E-state index contributed by atoms with van der Waals surface area (Å²) < 4.78 is 0. The topological polar surface area (TPSA) is 17.1 Å². The summed E-state index contributed by atoms with van der Waals surface area (Å²) in [4.78, 5) is 13.1. The molecule has 0 fully saturated rings. The number of aryl methyl sites for hydroxylation is 1. The molecule has 0 saturated carbocycles. The first kappa shape index (κ1) is 11.9. The third-order valence-corrected chi connectivity index (χ3v) is 3.60. The van der Waals surface area contributed by atoms with Gasteiger partial charge in [0.1, 0.15) is 0 Å². The van der Waals surface area contributed by atoms with Crippen molar-refractivity contribution >= 4 is 16.9 Å². The number of carbonyl (C=O) groups is 1. The van der Waals surface area contributed by atoms with Crippen LogP contribution in [0.5, 0.6) is 0 Å². The van der Waals surface area contributed by atoms with E-state index in [0.717, 1.165) is 16.9 Å². The summed E-state index contributed by atoms with van der Waals surface area (Å²) >= 11 is 1.31. The Kier molecular flexibility index (Phi) is 3.99. The normalized spacial score (nSPS) is 10.2. The van der Waals surface area contributed by atoms with Crippen molar-refractivity contribution in [1.29, 1.82) is 0 Å². The summed E-state index contributed by atoms with van der Waals surface area (Å²) in [6, 6.07) is 17.5. The van der Waals surface area contributed by atoms with Crippen molar-refractivity contribution in [2.24, 2.45) is 0 Å². The van der Waals surface area contributed by atoms with Crippen LogP contribution in [-0.2, 0) is 6.42 Å². The molecule has 0 aliphatic carbocycles. The number of thioether (sulfide) groups is 1. The van der Waals surface area contributed by atoms with Gasteiger partial charge in [0.25, 0.3) is 0 Å². The predicted molar refractivity (Wildman–Crippen MR) is 72.4 cm³/mol. The van der Waals surface area contributed by atoms with Gasteiger partial charge in [-0.1, -0.05) is 55.5 Å². The molecule has 0 N–H and O–H groups in total. The van der Waals surface area contributed by atoms with Gasteiger partial charge in [-0.2, -0.15) is 0 Å². The molecule has 0 saturated heterocycles. The molecule has 0 aliphatic rings. The first-order valence-electron chi connectivity index (χ1n) is 5.66. The maximum atomic E-state index is 12.0. The van der Waals surface area contributed by atoms with Crippen LogP contribution < -0.4 is 0 Å². The van der Waals surface area contributed by atoms with Gasteiger partial charge < -0.3 is 0 Å². The van der Waals surface area contributed by atoms with Crippen LogP contribution in [0.4, 0.5) is 0 Å². The highest BCUT2D eigenvalue weighted by molar-refractivity contribution is 8.14. The maximum Gasteiger partial charge on any atom is 0.224 e. The lowest BCUT2D eigenvalue weighted by Gasteiger charge is -2.05. The first-order chi connectivity index (χ1) is 8.31. The zero-order valence-electron chi connectivity index (χ0n) is 9.72. The quantitative estimate of drug-likeness (QED) is 0.751. The van der Waals surface area contributed by atoms with Crippen LogP contribution in [0.25, 0.3) is 0 Å². The molecule has 2 rings (SSSR count). The molecule has 0 aliphatic heterocycles. The predicted octanol–water partition coefficient (Wildman–Crippen LogP) is 4.18. The van der Waals surface area contributed by atoms with Crippen LogP contribution in [0, 0.1) is 0 Å². The second-order valence-electron chi connectivity index (χ2n) is 3.72. The maximum absolute atomic E-state index is 12.0. The number of rotatable bonds is 3. The van der Waals surface area contributed by atoms with E-state index in [0.29, 0.717) is 0 Å². The van der Waals surface area contributed by atoms with E-state index in [1.54, 1.807) is 0 Å². The van der Waals surface area contributed by atoms with Gasteiger partial charge >= 0.3 is 0 Å². The largest absolute Gasteiger partial charge is 0.281 e. The molecule has 0 spiro atoms. The highest BCUT2D eigenvalue weighted by Crippen LogP contribution is 2.26. The van der Waals surface area contributed by atoms with Gasteiger partial charge in [-0.3, -0.25) is 4.79 Å². The third-order valence-electron chi connectivity index (χ3n) is 2.57. The Labute approximate surface area is 106 Å². The molecule has 0 aromatic heterocycles. The summed E-state index contributed by atoms with van der Waals surface area (Å²) in [5, 5.41) is 0.103. The van der Waals surface area contributed by atoms with Crippen LogP contribution >= 0.6 is 11.8 Å². The molecule has 0 amide bonds. The number of benzene rings is 2. The lowest BCUT2D eigenvalue weighted by molar-refractivity contribution is 0.108. The van der Waals surface area contributed by atoms with E-state index < -0.39 is 0 Å². The minimum absolute atomic E-state index is 0.103. The average Bonchev–Trinajstić information content (AvgIpc) is 2.40. The van der Waals surface area contributed by atoms with E-state index in [2.05, 4.69) is 13.0 Å². The minimum Gasteiger partial charge on any atom is -0.281 e. The second-order valence-corrected chi connectivity index (χ2v) is 4.73. The molecule has 0 bridgehead atoms. The summed E-state index contributed by atoms with van der Waals surface area (Å²) in [5.74, 6) is 0. The van der Waals surface area contributed by atoms with Gasteiger partial charge in [0.2, 0.25) is 5.12 Å². The third kappa shape index (κ3) is 2.98. The Bertz CT molecular complexity index is 505. The molecular weight excluding hydrogens is 228 g/mol. The molecule has 86 valence electrons. The summed E-state index contributed by atoms with van der Waals surface area (Å²) in [5.41, 5.74) is 1.98. The molecule has 17 heavy (non-hydrogen) atoms. The summed E-state index contributed by atoms with van der Waals surface area (Å²) in [7, 11) is 0. The zero-order chi connectivity index (χ0) is 12.1. The van der Waals surface area contributed by atoms with Crippen molar-refractivity contribution < 1.29 is 4.79 Å². The van der Waals surface area contributed by atoms with Crippen molar-refractivity contribution in [3.05, 3.63) is 65.7 Å². The Balaban J connectivity index is 2.19. The molecule has 0 heterocycles. The van der Waals surface area contributed by atoms with Gasteiger partial charge in [0.15, 0.2) is 0 Å². The number of hydrogen-bond acceptors (Lipinski definition) is 2. The minimum atomic E-state index is 0.103. The fraction of sp³-hybridized carbons (Fsp3) is 0.133. The van der Waals surface area contributed by atoms with Crippen LogP contribution in [0.1, 0.15) is 22.8 Å². The van der Waals surface area contributed by atoms with Crippen LogP contribution in [0.2, 0.25) is 0 Å². The van der Waals surface area contributed by atoms with E-state index in [9.17, 15) is 4.79 Å². The fourth-order valence-corrected chi connectivity index (χ4v) is 2.57. The van der Waals surface area contributed by atoms with Gasteiger partial charge in [0, 0.05) is 10.5 Å². The molecule has 0 unspecified atom stereocenters. The van der Waals surface area contributed by atoms with Crippen molar-refractivity contribution in [3.63, 3.8) is 0 Å². The smallest absolute Gasteiger partial charge is 0.224 e. The van der Waals surface area contributed by atoms with Crippen LogP contribution in [0.3, 0.4) is 0 Å². The fourth-order valence-electron chi connectivity index (χ4n) is 1.63.